The van der Waals surface area contributed by atoms with Crippen LogP contribution in [0.25, 0.3) is 17.4 Å². The highest BCUT2D eigenvalue weighted by molar-refractivity contribution is 9.10. The van der Waals surface area contributed by atoms with Gasteiger partial charge in [0, 0.05) is 16.1 Å². The van der Waals surface area contributed by atoms with E-state index in [1.54, 1.807) is 51.3 Å². The van der Waals surface area contributed by atoms with Gasteiger partial charge in [0.25, 0.3) is 5.56 Å². The number of rotatable bonds is 6. The SMILES string of the molecule is CCOC(=O)C1=C(C)N=c2s/c(=C\c3ccc(-c4ccc(Br)c(Cl)c4)o3)c(=O)n2[C@H]1c1ccc(OC)cc1. The van der Waals surface area contributed by atoms with E-state index in [9.17, 15) is 9.59 Å². The van der Waals surface area contributed by atoms with Crippen molar-refractivity contribution in [2.45, 2.75) is 19.9 Å². The summed E-state index contributed by atoms with van der Waals surface area (Å²) in [5.41, 5.74) is 2.10. The molecule has 1 aliphatic rings. The molecule has 7 nitrogen and oxygen atoms in total. The molecular formula is C28H22BrClN2O5S. The van der Waals surface area contributed by atoms with Crippen LogP contribution in [0.3, 0.4) is 0 Å². The number of esters is 1. The van der Waals surface area contributed by atoms with E-state index < -0.39 is 12.0 Å². The minimum absolute atomic E-state index is 0.208. The van der Waals surface area contributed by atoms with Crippen LogP contribution in [0, 0.1) is 0 Å². The Morgan fingerprint density at radius 3 is 2.66 bits per heavy atom. The van der Waals surface area contributed by atoms with Crippen molar-refractivity contribution >= 4 is 50.9 Å². The van der Waals surface area contributed by atoms with Crippen LogP contribution in [0.15, 0.2) is 84.5 Å². The van der Waals surface area contributed by atoms with Gasteiger partial charge in [0.15, 0.2) is 4.80 Å². The maximum atomic E-state index is 13.7. The van der Waals surface area contributed by atoms with Gasteiger partial charge in [0.05, 0.1) is 40.6 Å². The smallest absolute Gasteiger partial charge is 0.338 e. The number of benzene rings is 2. The Bertz CT molecular complexity index is 1750. The zero-order chi connectivity index (χ0) is 27.0. The van der Waals surface area contributed by atoms with Crippen LogP contribution in [0.5, 0.6) is 5.75 Å². The molecule has 0 fully saturated rings. The molecular weight excluding hydrogens is 592 g/mol. The topological polar surface area (TPSA) is 83.0 Å². The molecule has 0 saturated heterocycles. The lowest BCUT2D eigenvalue weighted by molar-refractivity contribution is -0.139. The Labute approximate surface area is 235 Å². The molecule has 0 bridgehead atoms. The number of hydrogen-bond donors (Lipinski definition) is 0. The molecule has 1 atom stereocenters. The third-order valence-corrected chi connectivity index (χ3v) is 8.27. The van der Waals surface area contributed by atoms with Crippen LogP contribution in [0.4, 0.5) is 0 Å². The van der Waals surface area contributed by atoms with Crippen molar-refractivity contribution < 1.29 is 18.7 Å². The van der Waals surface area contributed by atoms with Gasteiger partial charge in [-0.15, -0.1) is 0 Å². The third kappa shape index (κ3) is 4.89. The maximum Gasteiger partial charge on any atom is 0.338 e. The quantitative estimate of drug-likeness (QED) is 0.269. The Hall–Kier alpha value is -3.40. The Morgan fingerprint density at radius 2 is 1.97 bits per heavy atom. The number of thiazole rings is 1. The average molecular weight is 614 g/mol. The van der Waals surface area contributed by atoms with E-state index in [2.05, 4.69) is 20.9 Å². The van der Waals surface area contributed by atoms with Crippen molar-refractivity contribution in [2.75, 3.05) is 13.7 Å². The number of halogens is 2. The first kappa shape index (κ1) is 26.2. The molecule has 3 heterocycles. The summed E-state index contributed by atoms with van der Waals surface area (Å²) in [6, 6.07) is 15.7. The number of carbonyl (C=O) groups excluding carboxylic acids is 1. The van der Waals surface area contributed by atoms with Crippen molar-refractivity contribution in [3.05, 3.63) is 106 Å². The number of allylic oxidation sites excluding steroid dienone is 1. The van der Waals surface area contributed by atoms with Crippen molar-refractivity contribution in [3.8, 4) is 17.1 Å². The fourth-order valence-corrected chi connectivity index (χ4v) is 5.71. The summed E-state index contributed by atoms with van der Waals surface area (Å²) in [6.07, 6.45) is 1.68. The molecule has 0 aliphatic carbocycles. The van der Waals surface area contributed by atoms with Gasteiger partial charge in [-0.2, -0.15) is 0 Å². The number of nitrogens with zero attached hydrogens (tertiary/aromatic N) is 2. The van der Waals surface area contributed by atoms with E-state index in [1.165, 1.54) is 15.9 Å². The van der Waals surface area contributed by atoms with Gasteiger partial charge in [-0.25, -0.2) is 9.79 Å². The molecule has 0 unspecified atom stereocenters. The molecule has 5 rings (SSSR count). The molecule has 4 aromatic rings. The zero-order valence-electron chi connectivity index (χ0n) is 20.7. The summed E-state index contributed by atoms with van der Waals surface area (Å²) in [7, 11) is 1.58. The largest absolute Gasteiger partial charge is 0.497 e. The second-order valence-electron chi connectivity index (χ2n) is 8.41. The normalized spacial score (nSPS) is 15.3. The van der Waals surface area contributed by atoms with Crippen LogP contribution in [0.2, 0.25) is 5.02 Å². The summed E-state index contributed by atoms with van der Waals surface area (Å²) in [4.78, 5) is 31.8. The molecule has 2 aromatic carbocycles. The molecule has 0 saturated carbocycles. The van der Waals surface area contributed by atoms with Crippen molar-refractivity contribution in [1.29, 1.82) is 0 Å². The van der Waals surface area contributed by atoms with Gasteiger partial charge in [-0.1, -0.05) is 41.1 Å². The van der Waals surface area contributed by atoms with Gasteiger partial charge in [0.1, 0.15) is 17.3 Å². The molecule has 194 valence electrons. The van der Waals surface area contributed by atoms with E-state index in [-0.39, 0.29) is 12.2 Å². The van der Waals surface area contributed by atoms with Gasteiger partial charge < -0.3 is 13.9 Å². The highest BCUT2D eigenvalue weighted by Crippen LogP contribution is 2.32. The number of hydrogen-bond acceptors (Lipinski definition) is 7. The van der Waals surface area contributed by atoms with Gasteiger partial charge >= 0.3 is 5.97 Å². The van der Waals surface area contributed by atoms with Crippen LogP contribution < -0.4 is 19.6 Å². The van der Waals surface area contributed by atoms with Crippen LogP contribution in [-0.2, 0) is 9.53 Å². The first-order valence-electron chi connectivity index (χ1n) is 11.7. The van der Waals surface area contributed by atoms with Crippen molar-refractivity contribution in [3.63, 3.8) is 0 Å². The van der Waals surface area contributed by atoms with E-state index in [4.69, 9.17) is 25.5 Å². The number of carbonyl (C=O) groups is 1. The minimum Gasteiger partial charge on any atom is -0.497 e. The lowest BCUT2D eigenvalue weighted by Crippen LogP contribution is -2.39. The number of ether oxygens (including phenoxy) is 2. The first-order valence-corrected chi connectivity index (χ1v) is 13.7. The molecule has 2 aromatic heterocycles. The van der Waals surface area contributed by atoms with Crippen molar-refractivity contribution in [1.82, 2.24) is 4.57 Å². The van der Waals surface area contributed by atoms with Crippen molar-refractivity contribution in [2.24, 2.45) is 4.99 Å². The highest BCUT2D eigenvalue weighted by Gasteiger charge is 2.33. The minimum atomic E-state index is -0.699. The lowest BCUT2D eigenvalue weighted by atomic mass is 9.96. The summed E-state index contributed by atoms with van der Waals surface area (Å²) >= 11 is 10.9. The highest BCUT2D eigenvalue weighted by atomic mass is 79.9. The van der Waals surface area contributed by atoms with Crippen LogP contribution in [0.1, 0.15) is 31.2 Å². The predicted octanol–water partition coefficient (Wildman–Crippen LogP) is 5.48. The van der Waals surface area contributed by atoms with Gasteiger partial charge in [-0.05, 0) is 71.7 Å². The standard InChI is InChI=1S/C28H22BrClN2O5S/c1-4-36-27(34)24-15(2)31-28-32(25(24)16-5-8-18(35-3)9-6-16)26(33)23(38-28)14-19-10-12-22(37-19)17-7-11-20(29)21(30)13-17/h5-14,25H,4H2,1-3H3/b23-14-/t25-/m0/s1. The molecule has 0 radical (unpaired) electrons. The molecule has 0 spiro atoms. The Morgan fingerprint density at radius 1 is 1.21 bits per heavy atom. The maximum absolute atomic E-state index is 13.7. The zero-order valence-corrected chi connectivity index (χ0v) is 23.8. The summed E-state index contributed by atoms with van der Waals surface area (Å²) in [5, 5.41) is 0.570. The van der Waals surface area contributed by atoms with E-state index in [1.807, 2.05) is 30.3 Å². The number of fused-ring (bicyclic) bond motifs is 1. The van der Waals surface area contributed by atoms with E-state index >= 15 is 0 Å². The number of aromatic nitrogens is 1. The van der Waals surface area contributed by atoms with Crippen LogP contribution in [-0.4, -0.2) is 24.3 Å². The first-order chi connectivity index (χ1) is 18.3. The Balaban J connectivity index is 1.62. The van der Waals surface area contributed by atoms with E-state index in [0.717, 1.165) is 15.6 Å². The number of furan rings is 1. The average Bonchev–Trinajstić information content (AvgIpc) is 3.49. The second-order valence-corrected chi connectivity index (χ2v) is 10.7. The van der Waals surface area contributed by atoms with Gasteiger partial charge in [-0.3, -0.25) is 9.36 Å². The predicted molar refractivity (Wildman–Crippen MR) is 150 cm³/mol. The molecule has 1 aliphatic heterocycles. The molecule has 38 heavy (non-hydrogen) atoms. The van der Waals surface area contributed by atoms with E-state index in [0.29, 0.717) is 42.9 Å². The molecule has 0 amide bonds. The third-order valence-electron chi connectivity index (χ3n) is 6.05. The fourth-order valence-electron chi connectivity index (χ4n) is 4.26. The summed E-state index contributed by atoms with van der Waals surface area (Å²) in [6.45, 7) is 3.70. The van der Waals surface area contributed by atoms with Crippen LogP contribution >= 0.6 is 38.9 Å². The molecule has 0 N–H and O–H groups in total. The number of methoxy groups -OCH3 is 1. The fraction of sp³-hybridized carbons (Fsp3) is 0.179. The summed E-state index contributed by atoms with van der Waals surface area (Å²) in [5.74, 6) is 1.29. The summed E-state index contributed by atoms with van der Waals surface area (Å²) < 4.78 is 19.4. The molecule has 10 heteroatoms. The lowest BCUT2D eigenvalue weighted by Gasteiger charge is -2.24. The monoisotopic (exact) mass is 612 g/mol. The second kappa shape index (κ2) is 10.8. The Kier molecular flexibility index (Phi) is 7.43. The van der Waals surface area contributed by atoms with Gasteiger partial charge in [0.2, 0.25) is 0 Å².